The van der Waals surface area contributed by atoms with Crippen molar-refractivity contribution < 1.29 is 4.79 Å². The second-order valence-electron chi connectivity index (χ2n) is 8.72. The van der Waals surface area contributed by atoms with Crippen molar-refractivity contribution in [1.82, 2.24) is 15.3 Å². The van der Waals surface area contributed by atoms with Crippen LogP contribution < -0.4 is 10.2 Å². The highest BCUT2D eigenvalue weighted by Crippen LogP contribution is 2.28. The third kappa shape index (κ3) is 6.93. The first-order valence-corrected chi connectivity index (χ1v) is 12.7. The molecule has 0 atom stereocenters. The highest BCUT2D eigenvalue weighted by Gasteiger charge is 2.12. The van der Waals surface area contributed by atoms with Crippen molar-refractivity contribution in [3.05, 3.63) is 108 Å². The Labute approximate surface area is 211 Å². The minimum absolute atomic E-state index is 0.0565. The molecule has 0 spiro atoms. The number of anilines is 1. The second-order valence-corrected chi connectivity index (χ2v) is 9.66. The van der Waals surface area contributed by atoms with Gasteiger partial charge in [0.15, 0.2) is 5.16 Å². The minimum atomic E-state index is -0.0565. The van der Waals surface area contributed by atoms with Crippen LogP contribution in [0.2, 0.25) is 0 Å². The van der Waals surface area contributed by atoms with Gasteiger partial charge in [-0.2, -0.15) is 0 Å². The fraction of sp³-hybridized carbons (Fsp3) is 0.207. The van der Waals surface area contributed by atoms with Gasteiger partial charge in [0.1, 0.15) is 5.82 Å². The van der Waals surface area contributed by atoms with E-state index in [1.54, 1.807) is 11.8 Å². The summed E-state index contributed by atoms with van der Waals surface area (Å²) in [5.41, 5.74) is 4.89. The molecule has 178 valence electrons. The molecule has 1 aromatic heterocycles. The topological polar surface area (TPSA) is 58.1 Å². The molecule has 6 heteroatoms. The Kier molecular flexibility index (Phi) is 8.16. The van der Waals surface area contributed by atoms with E-state index in [0.717, 1.165) is 29.2 Å². The van der Waals surface area contributed by atoms with Crippen LogP contribution >= 0.6 is 11.8 Å². The second kappa shape index (κ2) is 11.7. The summed E-state index contributed by atoms with van der Waals surface area (Å²) in [4.78, 5) is 24.3. The van der Waals surface area contributed by atoms with E-state index >= 15 is 0 Å². The molecule has 35 heavy (non-hydrogen) atoms. The largest absolute Gasteiger partial charge is 0.355 e. The minimum Gasteiger partial charge on any atom is -0.355 e. The van der Waals surface area contributed by atoms with Crippen LogP contribution in [0.1, 0.15) is 35.3 Å². The van der Waals surface area contributed by atoms with Crippen molar-refractivity contribution in [3.63, 3.8) is 0 Å². The number of hydrogen-bond acceptors (Lipinski definition) is 5. The molecule has 0 unspecified atom stereocenters. The Bertz CT molecular complexity index is 1260. The van der Waals surface area contributed by atoms with Crippen molar-refractivity contribution in [2.75, 3.05) is 11.9 Å². The molecule has 5 nitrogen and oxygen atoms in total. The van der Waals surface area contributed by atoms with Crippen molar-refractivity contribution in [2.24, 2.45) is 0 Å². The van der Waals surface area contributed by atoms with E-state index in [2.05, 4.69) is 53.7 Å². The van der Waals surface area contributed by atoms with Gasteiger partial charge in [-0.05, 0) is 37.1 Å². The molecule has 3 aromatic carbocycles. The molecule has 0 fully saturated rings. The number of benzene rings is 3. The van der Waals surface area contributed by atoms with E-state index in [1.807, 2.05) is 68.4 Å². The van der Waals surface area contributed by atoms with Gasteiger partial charge in [0.2, 0.25) is 0 Å². The number of amides is 1. The molecule has 0 aliphatic rings. The Morgan fingerprint density at radius 3 is 2.29 bits per heavy atom. The van der Waals surface area contributed by atoms with E-state index in [0.29, 0.717) is 16.5 Å². The Morgan fingerprint density at radius 1 is 0.886 bits per heavy atom. The number of nitrogens with one attached hydrogen (secondary N) is 1. The molecule has 4 aromatic rings. The number of carbonyl (C=O) groups is 1. The predicted molar refractivity (Wildman–Crippen MR) is 145 cm³/mol. The highest BCUT2D eigenvalue weighted by atomic mass is 32.2. The average Bonchev–Trinajstić information content (AvgIpc) is 2.88. The first-order chi connectivity index (χ1) is 17.0. The first kappa shape index (κ1) is 24.5. The number of rotatable bonds is 9. The first-order valence-electron chi connectivity index (χ1n) is 11.7. The van der Waals surface area contributed by atoms with E-state index in [-0.39, 0.29) is 11.9 Å². The van der Waals surface area contributed by atoms with Gasteiger partial charge in [-0.15, -0.1) is 0 Å². The van der Waals surface area contributed by atoms with Crippen molar-refractivity contribution in [1.29, 1.82) is 0 Å². The lowest BCUT2D eigenvalue weighted by molar-refractivity contribution is 0.0943. The van der Waals surface area contributed by atoms with Crippen LogP contribution in [0.5, 0.6) is 0 Å². The maximum atomic E-state index is 12.4. The van der Waals surface area contributed by atoms with Crippen LogP contribution in [0, 0.1) is 0 Å². The highest BCUT2D eigenvalue weighted by molar-refractivity contribution is 7.98. The van der Waals surface area contributed by atoms with Crippen LogP contribution in [0.25, 0.3) is 11.3 Å². The molecule has 0 bridgehead atoms. The smallest absolute Gasteiger partial charge is 0.251 e. The predicted octanol–water partition coefficient (Wildman–Crippen LogP) is 6.21. The normalized spacial score (nSPS) is 10.9. The van der Waals surface area contributed by atoms with E-state index < -0.39 is 0 Å². The fourth-order valence-electron chi connectivity index (χ4n) is 3.66. The van der Waals surface area contributed by atoms with Crippen LogP contribution in [-0.2, 0) is 12.3 Å². The zero-order valence-electron chi connectivity index (χ0n) is 20.3. The Balaban J connectivity index is 1.57. The Hall–Kier alpha value is -3.64. The van der Waals surface area contributed by atoms with Gasteiger partial charge >= 0.3 is 0 Å². The molecule has 0 radical (unpaired) electrons. The van der Waals surface area contributed by atoms with Gasteiger partial charge in [-0.3, -0.25) is 4.79 Å². The molecule has 0 saturated carbocycles. The Morgan fingerprint density at radius 2 is 1.57 bits per heavy atom. The molecular formula is C29H30N4OS. The lowest BCUT2D eigenvalue weighted by Gasteiger charge is -2.20. The summed E-state index contributed by atoms with van der Waals surface area (Å²) >= 11 is 1.57. The van der Waals surface area contributed by atoms with E-state index in [9.17, 15) is 4.79 Å². The third-order valence-corrected chi connectivity index (χ3v) is 6.31. The summed E-state index contributed by atoms with van der Waals surface area (Å²) in [6.45, 7) is 4.67. The van der Waals surface area contributed by atoms with Gasteiger partial charge in [0, 0.05) is 42.6 Å². The lowest BCUT2D eigenvalue weighted by atomic mass is 10.1. The summed E-state index contributed by atoms with van der Waals surface area (Å²) in [5.74, 6) is 1.48. The summed E-state index contributed by atoms with van der Waals surface area (Å²) in [6.07, 6.45) is 0. The third-order valence-electron chi connectivity index (χ3n) is 5.39. The summed E-state index contributed by atoms with van der Waals surface area (Å²) < 4.78 is 0. The summed E-state index contributed by atoms with van der Waals surface area (Å²) in [5, 5.41) is 3.66. The number of hydrogen-bond donors (Lipinski definition) is 1. The monoisotopic (exact) mass is 482 g/mol. The van der Waals surface area contributed by atoms with Crippen molar-refractivity contribution in [3.8, 4) is 11.3 Å². The molecule has 0 aliphatic heterocycles. The maximum Gasteiger partial charge on any atom is 0.251 e. The zero-order chi connectivity index (χ0) is 24.6. The zero-order valence-corrected chi connectivity index (χ0v) is 21.1. The molecule has 1 heterocycles. The quantitative estimate of drug-likeness (QED) is 0.227. The fourth-order valence-corrected chi connectivity index (χ4v) is 4.46. The van der Waals surface area contributed by atoms with Crippen molar-refractivity contribution in [2.45, 2.75) is 37.3 Å². The average molecular weight is 483 g/mol. The van der Waals surface area contributed by atoms with Gasteiger partial charge in [0.05, 0.1) is 5.69 Å². The summed E-state index contributed by atoms with van der Waals surface area (Å²) in [7, 11) is 2.05. The molecule has 1 N–H and O–H groups in total. The maximum absolute atomic E-state index is 12.4. The number of carbonyl (C=O) groups excluding carboxylic acids is 1. The number of aromatic nitrogens is 2. The van der Waals surface area contributed by atoms with Crippen LogP contribution in [0.3, 0.4) is 0 Å². The molecule has 1 amide bonds. The van der Waals surface area contributed by atoms with E-state index in [4.69, 9.17) is 9.97 Å². The van der Waals surface area contributed by atoms with Gasteiger partial charge in [-0.25, -0.2) is 9.97 Å². The molecule has 0 saturated heterocycles. The van der Waals surface area contributed by atoms with Crippen LogP contribution in [0.15, 0.2) is 96.2 Å². The van der Waals surface area contributed by atoms with Crippen LogP contribution in [-0.4, -0.2) is 29.0 Å². The van der Waals surface area contributed by atoms with Gasteiger partial charge in [-0.1, -0.05) is 84.6 Å². The summed E-state index contributed by atoms with van der Waals surface area (Å²) in [6, 6.07) is 30.4. The lowest BCUT2D eigenvalue weighted by Crippen LogP contribution is -2.30. The number of nitrogens with zero attached hydrogens (tertiary/aromatic N) is 3. The van der Waals surface area contributed by atoms with E-state index in [1.165, 1.54) is 5.56 Å². The van der Waals surface area contributed by atoms with Crippen molar-refractivity contribution >= 4 is 23.5 Å². The number of thioether (sulfide) groups is 1. The van der Waals surface area contributed by atoms with Gasteiger partial charge in [0.25, 0.3) is 5.91 Å². The van der Waals surface area contributed by atoms with Gasteiger partial charge < -0.3 is 10.2 Å². The SMILES string of the molecule is CC(C)NC(=O)c1cccc(CSc2nc(-c3ccccc3)cc(N(C)Cc3ccccc3)n2)c1. The molecule has 0 aliphatic carbocycles. The molecule has 4 rings (SSSR count). The van der Waals surface area contributed by atoms with Crippen LogP contribution in [0.4, 0.5) is 5.82 Å². The standard InChI is InChI=1S/C29H30N4OS/c1-21(2)30-28(34)25-16-10-13-23(17-25)20-35-29-31-26(24-14-8-5-9-15-24)18-27(32-29)33(3)19-22-11-6-4-7-12-22/h4-18,21H,19-20H2,1-3H3,(H,30,34). The molecular weight excluding hydrogens is 452 g/mol.